The van der Waals surface area contributed by atoms with E-state index in [1.54, 1.807) is 6.20 Å². The zero-order valence-electron chi connectivity index (χ0n) is 9.57. The number of aromatic nitrogens is 2. The number of nitrogens with two attached hydrogens (primary N) is 1. The number of para-hydroxylation sites is 1. The van der Waals surface area contributed by atoms with Gasteiger partial charge in [0.25, 0.3) is 0 Å². The maximum atomic E-state index is 5.98. The molecule has 1 heterocycles. The van der Waals surface area contributed by atoms with Crippen molar-refractivity contribution in [1.82, 2.24) is 9.78 Å². The minimum Gasteiger partial charge on any atom is -0.397 e. The van der Waals surface area contributed by atoms with Gasteiger partial charge in [-0.05, 0) is 24.6 Å². The Hall–Kier alpha value is -1.97. The molecule has 1 aromatic heterocycles. The van der Waals surface area contributed by atoms with E-state index < -0.39 is 0 Å². The van der Waals surface area contributed by atoms with Crippen molar-refractivity contribution < 1.29 is 0 Å². The molecule has 4 nitrogen and oxygen atoms in total. The van der Waals surface area contributed by atoms with Gasteiger partial charge in [0.2, 0.25) is 0 Å². The summed E-state index contributed by atoms with van der Waals surface area (Å²) < 4.78 is 1.85. The Morgan fingerprint density at radius 1 is 1.38 bits per heavy atom. The Balaban J connectivity index is 2.11. The summed E-state index contributed by atoms with van der Waals surface area (Å²) in [5, 5.41) is 7.43. The van der Waals surface area contributed by atoms with Gasteiger partial charge in [0.1, 0.15) is 0 Å². The normalized spacial score (nSPS) is 10.4. The van der Waals surface area contributed by atoms with Crippen LogP contribution in [0.25, 0.3) is 0 Å². The van der Waals surface area contributed by atoms with Crippen molar-refractivity contribution >= 4 is 11.4 Å². The highest BCUT2D eigenvalue weighted by atomic mass is 15.3. The predicted octanol–water partition coefficient (Wildman–Crippen LogP) is 1.92. The number of anilines is 2. The molecule has 1 aromatic carbocycles. The Morgan fingerprint density at radius 2 is 2.19 bits per heavy atom. The molecule has 0 saturated heterocycles. The van der Waals surface area contributed by atoms with E-state index in [9.17, 15) is 0 Å². The summed E-state index contributed by atoms with van der Waals surface area (Å²) in [6.45, 7) is 2.73. The van der Waals surface area contributed by atoms with Crippen LogP contribution in [0.4, 0.5) is 11.4 Å². The molecular formula is C12H16N4. The van der Waals surface area contributed by atoms with Crippen LogP contribution in [0.3, 0.4) is 0 Å². The molecule has 0 spiro atoms. The second kappa shape index (κ2) is 4.26. The van der Waals surface area contributed by atoms with Crippen LogP contribution in [0.2, 0.25) is 0 Å². The molecule has 0 saturated carbocycles. The Labute approximate surface area is 95.1 Å². The quantitative estimate of drug-likeness (QED) is 0.771. The van der Waals surface area contributed by atoms with Crippen molar-refractivity contribution in [3.05, 3.63) is 41.7 Å². The number of nitrogens with one attached hydrogen (secondary N) is 1. The van der Waals surface area contributed by atoms with Crippen molar-refractivity contribution in [2.75, 3.05) is 11.1 Å². The van der Waals surface area contributed by atoms with Crippen molar-refractivity contribution in [3.63, 3.8) is 0 Å². The van der Waals surface area contributed by atoms with E-state index in [4.69, 9.17) is 5.73 Å². The molecule has 0 aliphatic heterocycles. The monoisotopic (exact) mass is 216 g/mol. The highest BCUT2D eigenvalue weighted by Crippen LogP contribution is 2.22. The maximum absolute atomic E-state index is 5.98. The molecule has 84 valence electrons. The summed E-state index contributed by atoms with van der Waals surface area (Å²) in [5.74, 6) is 0. The van der Waals surface area contributed by atoms with Gasteiger partial charge in [-0.2, -0.15) is 5.10 Å². The Morgan fingerprint density at radius 3 is 2.88 bits per heavy atom. The lowest BCUT2D eigenvalue weighted by Gasteiger charge is -2.11. The second-order valence-electron chi connectivity index (χ2n) is 3.84. The van der Waals surface area contributed by atoms with Crippen molar-refractivity contribution in [1.29, 1.82) is 0 Å². The van der Waals surface area contributed by atoms with Gasteiger partial charge in [-0.1, -0.05) is 12.1 Å². The van der Waals surface area contributed by atoms with Crippen molar-refractivity contribution in [2.45, 2.75) is 13.5 Å². The summed E-state index contributed by atoms with van der Waals surface area (Å²) in [4.78, 5) is 0. The van der Waals surface area contributed by atoms with Crippen LogP contribution in [0.1, 0.15) is 11.3 Å². The van der Waals surface area contributed by atoms with Gasteiger partial charge in [0, 0.05) is 13.2 Å². The SMILES string of the molecule is Cc1cccc(NCc2ccnn2C)c1N. The number of nitrogens with zero attached hydrogens (tertiary/aromatic N) is 2. The second-order valence-corrected chi connectivity index (χ2v) is 3.84. The molecule has 0 bridgehead atoms. The average Bonchev–Trinajstić information content (AvgIpc) is 2.67. The number of nitrogen functional groups attached to an aromatic ring is 1. The molecule has 2 aromatic rings. The molecule has 0 aliphatic carbocycles. The van der Waals surface area contributed by atoms with Gasteiger partial charge in [-0.3, -0.25) is 4.68 Å². The zero-order chi connectivity index (χ0) is 11.5. The van der Waals surface area contributed by atoms with Gasteiger partial charge in [0.05, 0.1) is 23.6 Å². The van der Waals surface area contributed by atoms with Crippen LogP contribution in [0, 0.1) is 6.92 Å². The molecule has 0 radical (unpaired) electrons. The lowest BCUT2D eigenvalue weighted by molar-refractivity contribution is 0.720. The summed E-state index contributed by atoms with van der Waals surface area (Å²) in [5.41, 5.74) is 9.98. The van der Waals surface area contributed by atoms with E-state index in [0.29, 0.717) is 0 Å². The van der Waals surface area contributed by atoms with Gasteiger partial charge >= 0.3 is 0 Å². The number of hydrogen-bond acceptors (Lipinski definition) is 3. The van der Waals surface area contributed by atoms with E-state index in [1.165, 1.54) is 0 Å². The highest BCUT2D eigenvalue weighted by Gasteiger charge is 2.02. The summed E-state index contributed by atoms with van der Waals surface area (Å²) >= 11 is 0. The third-order valence-corrected chi connectivity index (χ3v) is 2.71. The maximum Gasteiger partial charge on any atom is 0.0579 e. The molecule has 2 rings (SSSR count). The molecule has 0 atom stereocenters. The van der Waals surface area contributed by atoms with Gasteiger partial charge in [0.15, 0.2) is 0 Å². The lowest BCUT2D eigenvalue weighted by Crippen LogP contribution is -2.07. The first-order chi connectivity index (χ1) is 7.68. The first-order valence-electron chi connectivity index (χ1n) is 5.24. The number of benzene rings is 1. The highest BCUT2D eigenvalue weighted by molar-refractivity contribution is 5.69. The minimum absolute atomic E-state index is 0.726. The fraction of sp³-hybridized carbons (Fsp3) is 0.250. The lowest BCUT2D eigenvalue weighted by atomic mass is 10.1. The largest absolute Gasteiger partial charge is 0.397 e. The first-order valence-corrected chi connectivity index (χ1v) is 5.24. The first kappa shape index (κ1) is 10.5. The molecule has 0 aliphatic rings. The molecule has 0 fully saturated rings. The van der Waals surface area contributed by atoms with Crippen LogP contribution < -0.4 is 11.1 Å². The van der Waals surface area contributed by atoms with Gasteiger partial charge in [-0.15, -0.1) is 0 Å². The molecule has 16 heavy (non-hydrogen) atoms. The summed E-state index contributed by atoms with van der Waals surface area (Å²) in [6, 6.07) is 7.97. The van der Waals surface area contributed by atoms with Crippen molar-refractivity contribution in [3.8, 4) is 0 Å². The van der Waals surface area contributed by atoms with Crippen LogP contribution in [-0.2, 0) is 13.6 Å². The average molecular weight is 216 g/mol. The molecule has 0 amide bonds. The number of hydrogen-bond donors (Lipinski definition) is 2. The van der Waals surface area contributed by atoms with Crippen LogP contribution in [-0.4, -0.2) is 9.78 Å². The Kier molecular flexibility index (Phi) is 2.81. The standard InChI is InChI=1S/C12H16N4/c1-9-4-3-5-11(12(9)13)14-8-10-6-7-15-16(10)2/h3-7,14H,8,13H2,1-2H3. The fourth-order valence-corrected chi connectivity index (χ4v) is 1.60. The third kappa shape index (κ3) is 2.00. The number of aryl methyl sites for hydroxylation is 2. The van der Waals surface area contributed by atoms with E-state index in [0.717, 1.165) is 29.2 Å². The number of rotatable bonds is 3. The molecule has 4 heteroatoms. The van der Waals surface area contributed by atoms with Gasteiger partial charge < -0.3 is 11.1 Å². The fourth-order valence-electron chi connectivity index (χ4n) is 1.60. The molecule has 3 N–H and O–H groups in total. The Bertz CT molecular complexity index is 488. The minimum atomic E-state index is 0.726. The van der Waals surface area contributed by atoms with E-state index in [1.807, 2.05) is 42.9 Å². The summed E-state index contributed by atoms with van der Waals surface area (Å²) in [7, 11) is 1.93. The van der Waals surface area contributed by atoms with E-state index in [2.05, 4.69) is 10.4 Å². The van der Waals surface area contributed by atoms with Crippen molar-refractivity contribution in [2.24, 2.45) is 7.05 Å². The van der Waals surface area contributed by atoms with Crippen LogP contribution in [0.5, 0.6) is 0 Å². The van der Waals surface area contributed by atoms with Gasteiger partial charge in [-0.25, -0.2) is 0 Å². The molecular weight excluding hydrogens is 200 g/mol. The third-order valence-electron chi connectivity index (χ3n) is 2.71. The predicted molar refractivity (Wildman–Crippen MR) is 66.1 cm³/mol. The molecule has 0 unspecified atom stereocenters. The smallest absolute Gasteiger partial charge is 0.0579 e. The zero-order valence-corrected chi connectivity index (χ0v) is 9.57. The van der Waals surface area contributed by atoms with E-state index in [-0.39, 0.29) is 0 Å². The van der Waals surface area contributed by atoms with Crippen LogP contribution in [0.15, 0.2) is 30.5 Å². The van der Waals surface area contributed by atoms with E-state index >= 15 is 0 Å². The topological polar surface area (TPSA) is 55.9 Å². The van der Waals surface area contributed by atoms with Crippen LogP contribution >= 0.6 is 0 Å². The summed E-state index contributed by atoms with van der Waals surface area (Å²) in [6.07, 6.45) is 1.79.